The first kappa shape index (κ1) is 13.7. The molecule has 0 spiro atoms. The number of pyridine rings is 1. The lowest BCUT2D eigenvalue weighted by Crippen LogP contribution is -2.15. The van der Waals surface area contributed by atoms with Gasteiger partial charge in [-0.1, -0.05) is 19.3 Å². The van der Waals surface area contributed by atoms with E-state index in [0.29, 0.717) is 18.3 Å². The second-order valence-electron chi connectivity index (χ2n) is 6.69. The molecule has 0 bridgehead atoms. The van der Waals surface area contributed by atoms with Crippen LogP contribution in [0, 0.1) is 5.92 Å². The van der Waals surface area contributed by atoms with Gasteiger partial charge < -0.3 is 5.32 Å². The summed E-state index contributed by atoms with van der Waals surface area (Å²) in [7, 11) is 0. The molecule has 2 heterocycles. The predicted molar refractivity (Wildman–Crippen MR) is 84.8 cm³/mol. The van der Waals surface area contributed by atoms with Gasteiger partial charge in [-0.25, -0.2) is 9.50 Å². The van der Waals surface area contributed by atoms with Gasteiger partial charge in [0.2, 0.25) is 5.91 Å². The van der Waals surface area contributed by atoms with E-state index in [1.54, 1.807) is 4.52 Å². The Hall–Kier alpha value is -1.91. The van der Waals surface area contributed by atoms with Gasteiger partial charge in [-0.3, -0.25) is 4.79 Å². The maximum atomic E-state index is 12.3. The lowest BCUT2D eigenvalue weighted by atomic mass is 9.85. The molecule has 116 valence electrons. The van der Waals surface area contributed by atoms with Crippen LogP contribution in [0.1, 0.15) is 63.1 Å². The van der Waals surface area contributed by atoms with Crippen molar-refractivity contribution < 1.29 is 4.79 Å². The van der Waals surface area contributed by atoms with Crippen molar-refractivity contribution in [1.82, 2.24) is 14.6 Å². The molecule has 0 radical (unpaired) electrons. The highest BCUT2D eigenvalue weighted by Crippen LogP contribution is 2.35. The Labute approximate surface area is 130 Å². The number of hydrogen-bond acceptors (Lipinski definition) is 3. The van der Waals surface area contributed by atoms with Crippen molar-refractivity contribution in [3.8, 4) is 0 Å². The van der Waals surface area contributed by atoms with Crippen LogP contribution in [0.2, 0.25) is 0 Å². The fourth-order valence-electron chi connectivity index (χ4n) is 3.54. The molecule has 4 rings (SSSR count). The maximum Gasteiger partial charge on any atom is 0.224 e. The average molecular weight is 298 g/mol. The van der Waals surface area contributed by atoms with E-state index in [1.807, 2.05) is 18.3 Å². The van der Waals surface area contributed by atoms with Crippen molar-refractivity contribution in [2.24, 2.45) is 5.92 Å². The van der Waals surface area contributed by atoms with Gasteiger partial charge in [-0.05, 0) is 43.7 Å². The molecule has 22 heavy (non-hydrogen) atoms. The smallest absolute Gasteiger partial charge is 0.224 e. The second kappa shape index (κ2) is 5.71. The Kier molecular flexibility index (Phi) is 3.56. The SMILES string of the molecule is O=C(CC1CCCC1)Nc1cccn2nc(C3CCC3)nc12. The third-order valence-corrected chi connectivity index (χ3v) is 5.07. The van der Waals surface area contributed by atoms with Crippen molar-refractivity contribution in [1.29, 1.82) is 0 Å². The minimum Gasteiger partial charge on any atom is -0.323 e. The number of anilines is 1. The van der Waals surface area contributed by atoms with Gasteiger partial charge in [0.25, 0.3) is 0 Å². The molecule has 1 N–H and O–H groups in total. The molecular weight excluding hydrogens is 276 g/mol. The zero-order valence-electron chi connectivity index (χ0n) is 12.8. The zero-order chi connectivity index (χ0) is 14.9. The number of rotatable bonds is 4. The summed E-state index contributed by atoms with van der Waals surface area (Å²) in [5, 5.41) is 7.60. The quantitative estimate of drug-likeness (QED) is 0.939. The highest BCUT2D eigenvalue weighted by atomic mass is 16.1. The summed E-state index contributed by atoms with van der Waals surface area (Å²) in [5.41, 5.74) is 1.55. The van der Waals surface area contributed by atoms with E-state index < -0.39 is 0 Å². The van der Waals surface area contributed by atoms with Crippen molar-refractivity contribution in [2.75, 3.05) is 5.32 Å². The van der Waals surface area contributed by atoms with Crippen LogP contribution >= 0.6 is 0 Å². The molecule has 0 aliphatic heterocycles. The maximum absolute atomic E-state index is 12.3. The lowest BCUT2D eigenvalue weighted by molar-refractivity contribution is -0.117. The van der Waals surface area contributed by atoms with Crippen LogP contribution in [0.15, 0.2) is 18.3 Å². The molecular formula is C17H22N4O. The molecule has 2 aliphatic rings. The van der Waals surface area contributed by atoms with Crippen LogP contribution in [0.3, 0.4) is 0 Å². The summed E-state index contributed by atoms with van der Waals surface area (Å²) in [6, 6.07) is 3.83. The largest absolute Gasteiger partial charge is 0.323 e. The molecule has 5 heteroatoms. The van der Waals surface area contributed by atoms with E-state index in [0.717, 1.165) is 17.2 Å². The van der Waals surface area contributed by atoms with Crippen LogP contribution < -0.4 is 5.32 Å². The van der Waals surface area contributed by atoms with E-state index in [-0.39, 0.29) is 5.91 Å². The first-order valence-corrected chi connectivity index (χ1v) is 8.45. The number of nitrogens with one attached hydrogen (secondary N) is 1. The van der Waals surface area contributed by atoms with Crippen molar-refractivity contribution in [3.05, 3.63) is 24.2 Å². The van der Waals surface area contributed by atoms with Crippen LogP contribution in [0.4, 0.5) is 5.69 Å². The lowest BCUT2D eigenvalue weighted by Gasteiger charge is -2.21. The summed E-state index contributed by atoms with van der Waals surface area (Å²) in [4.78, 5) is 16.9. The molecule has 2 aromatic rings. The number of aromatic nitrogens is 3. The standard InChI is InChI=1S/C17H22N4O/c22-15(11-12-5-1-2-6-12)18-14-9-4-10-21-17(14)19-16(20-21)13-7-3-8-13/h4,9-10,12-13H,1-3,5-8,11H2,(H,18,22). The predicted octanol–water partition coefficient (Wildman–Crippen LogP) is 3.52. The van der Waals surface area contributed by atoms with E-state index in [1.165, 1.54) is 44.9 Å². The molecule has 2 saturated carbocycles. The van der Waals surface area contributed by atoms with Crippen LogP contribution in [-0.4, -0.2) is 20.5 Å². The molecule has 0 aromatic carbocycles. The molecule has 0 unspecified atom stereocenters. The summed E-state index contributed by atoms with van der Waals surface area (Å²) >= 11 is 0. The van der Waals surface area contributed by atoms with Gasteiger partial charge in [0.05, 0.1) is 5.69 Å². The third-order valence-electron chi connectivity index (χ3n) is 5.07. The van der Waals surface area contributed by atoms with E-state index >= 15 is 0 Å². The van der Waals surface area contributed by atoms with Crippen LogP contribution in [0.5, 0.6) is 0 Å². The Morgan fingerprint density at radius 1 is 1.23 bits per heavy atom. The van der Waals surface area contributed by atoms with Gasteiger partial charge in [-0.2, -0.15) is 5.10 Å². The Morgan fingerprint density at radius 2 is 2.05 bits per heavy atom. The zero-order valence-corrected chi connectivity index (χ0v) is 12.8. The molecule has 2 aliphatic carbocycles. The highest BCUT2D eigenvalue weighted by Gasteiger charge is 2.24. The van der Waals surface area contributed by atoms with Crippen molar-refractivity contribution >= 4 is 17.2 Å². The monoisotopic (exact) mass is 298 g/mol. The Morgan fingerprint density at radius 3 is 2.77 bits per heavy atom. The van der Waals surface area contributed by atoms with E-state index in [4.69, 9.17) is 0 Å². The second-order valence-corrected chi connectivity index (χ2v) is 6.69. The first-order valence-electron chi connectivity index (χ1n) is 8.45. The van der Waals surface area contributed by atoms with Crippen molar-refractivity contribution in [2.45, 2.75) is 57.3 Å². The summed E-state index contributed by atoms with van der Waals surface area (Å²) in [6.45, 7) is 0. The Balaban J connectivity index is 1.52. The van der Waals surface area contributed by atoms with E-state index in [9.17, 15) is 4.79 Å². The van der Waals surface area contributed by atoms with Gasteiger partial charge in [-0.15, -0.1) is 0 Å². The summed E-state index contributed by atoms with van der Waals surface area (Å²) in [5.74, 6) is 2.09. The minimum absolute atomic E-state index is 0.105. The van der Waals surface area contributed by atoms with Crippen molar-refractivity contribution in [3.63, 3.8) is 0 Å². The topological polar surface area (TPSA) is 59.3 Å². The number of fused-ring (bicyclic) bond motifs is 1. The van der Waals surface area contributed by atoms with Crippen LogP contribution in [-0.2, 0) is 4.79 Å². The number of carbonyl (C=O) groups is 1. The molecule has 1 amide bonds. The van der Waals surface area contributed by atoms with Gasteiger partial charge in [0.15, 0.2) is 11.5 Å². The summed E-state index contributed by atoms with van der Waals surface area (Å²) in [6.07, 6.45) is 11.1. The van der Waals surface area contributed by atoms with Crippen LogP contribution in [0.25, 0.3) is 5.65 Å². The molecule has 2 aromatic heterocycles. The number of nitrogens with zero attached hydrogens (tertiary/aromatic N) is 3. The van der Waals surface area contributed by atoms with Gasteiger partial charge in [0.1, 0.15) is 0 Å². The fourth-order valence-corrected chi connectivity index (χ4v) is 3.54. The molecule has 0 saturated heterocycles. The van der Waals surface area contributed by atoms with Gasteiger partial charge >= 0.3 is 0 Å². The normalized spacial score (nSPS) is 19.5. The summed E-state index contributed by atoms with van der Waals surface area (Å²) < 4.78 is 1.79. The third kappa shape index (κ3) is 2.60. The van der Waals surface area contributed by atoms with E-state index in [2.05, 4.69) is 15.4 Å². The number of carbonyl (C=O) groups excluding carboxylic acids is 1. The number of hydrogen-bond donors (Lipinski definition) is 1. The average Bonchev–Trinajstić information content (AvgIpc) is 3.06. The number of amides is 1. The molecule has 0 atom stereocenters. The Bertz CT molecular complexity index is 683. The highest BCUT2D eigenvalue weighted by molar-refractivity contribution is 5.94. The minimum atomic E-state index is 0.105. The first-order chi connectivity index (χ1) is 10.8. The molecule has 5 nitrogen and oxygen atoms in total. The van der Waals surface area contributed by atoms with Gasteiger partial charge in [0, 0.05) is 18.5 Å². The molecule has 2 fully saturated rings. The fraction of sp³-hybridized carbons (Fsp3) is 0.588.